The van der Waals surface area contributed by atoms with Crippen LogP contribution in [0, 0.1) is 5.82 Å². The second-order valence-electron chi connectivity index (χ2n) is 6.51. The lowest BCUT2D eigenvalue weighted by Gasteiger charge is -2.03. The largest absolute Gasteiger partial charge is 0.503 e. The Morgan fingerprint density at radius 3 is 2.66 bits per heavy atom. The van der Waals surface area contributed by atoms with Crippen LogP contribution < -0.4 is 16.0 Å². The zero-order chi connectivity index (χ0) is 20.4. The maximum Gasteiger partial charge on any atom is 0.291 e. The molecule has 0 spiro atoms. The molecule has 0 aliphatic rings. The summed E-state index contributed by atoms with van der Waals surface area (Å²) in [6.45, 7) is 0. The Morgan fingerprint density at radius 1 is 1.14 bits per heavy atom. The van der Waals surface area contributed by atoms with Gasteiger partial charge in [0.2, 0.25) is 0 Å². The number of rotatable bonds is 4. The van der Waals surface area contributed by atoms with Crippen molar-refractivity contribution >= 4 is 22.9 Å². The number of hydrogen-bond donors (Lipinski definition) is 2. The summed E-state index contributed by atoms with van der Waals surface area (Å²) in [7, 11) is 0. The van der Waals surface area contributed by atoms with Gasteiger partial charge in [0.25, 0.3) is 5.91 Å². The SMILES string of the molecule is O=C(Nc1cccnc1)/C(O)=c1\cc(Cc2ccc(F)cc2)n2ccc(=O)cc12. The van der Waals surface area contributed by atoms with Crippen LogP contribution in [0.4, 0.5) is 10.1 Å². The van der Waals surface area contributed by atoms with E-state index in [-0.39, 0.29) is 16.5 Å². The van der Waals surface area contributed by atoms with Crippen LogP contribution in [-0.4, -0.2) is 20.4 Å². The molecule has 4 aromatic rings. The summed E-state index contributed by atoms with van der Waals surface area (Å²) in [4.78, 5) is 28.3. The van der Waals surface area contributed by atoms with Gasteiger partial charge in [-0.25, -0.2) is 4.39 Å². The molecule has 0 saturated carbocycles. The highest BCUT2D eigenvalue weighted by atomic mass is 19.1. The lowest BCUT2D eigenvalue weighted by atomic mass is 10.1. The van der Waals surface area contributed by atoms with E-state index < -0.39 is 11.7 Å². The predicted molar refractivity (Wildman–Crippen MR) is 107 cm³/mol. The van der Waals surface area contributed by atoms with Gasteiger partial charge in [0, 0.05) is 41.9 Å². The molecule has 2 N–H and O–H groups in total. The number of aliphatic hydroxyl groups is 1. The first kappa shape index (κ1) is 18.4. The lowest BCUT2D eigenvalue weighted by molar-refractivity contribution is -0.112. The minimum atomic E-state index is -0.713. The van der Waals surface area contributed by atoms with Crippen molar-refractivity contribution in [2.75, 3.05) is 5.32 Å². The Kier molecular flexibility index (Phi) is 4.78. The van der Waals surface area contributed by atoms with Gasteiger partial charge in [-0.15, -0.1) is 0 Å². The van der Waals surface area contributed by atoms with E-state index in [1.165, 1.54) is 30.5 Å². The molecule has 29 heavy (non-hydrogen) atoms. The first-order chi connectivity index (χ1) is 14.0. The fraction of sp³-hybridized carbons (Fsp3) is 0.0455. The van der Waals surface area contributed by atoms with Gasteiger partial charge in [0.15, 0.2) is 11.2 Å². The summed E-state index contributed by atoms with van der Waals surface area (Å²) in [5.41, 5.74) is 2.19. The number of benzene rings is 1. The Balaban J connectivity index is 1.80. The second kappa shape index (κ2) is 7.55. The molecule has 0 aliphatic carbocycles. The van der Waals surface area contributed by atoms with Crippen molar-refractivity contribution in [3.05, 3.63) is 106 Å². The number of halogens is 1. The van der Waals surface area contributed by atoms with Crippen LogP contribution in [0.2, 0.25) is 0 Å². The lowest BCUT2D eigenvalue weighted by Crippen LogP contribution is -2.20. The highest BCUT2D eigenvalue weighted by Gasteiger charge is 2.14. The van der Waals surface area contributed by atoms with Crippen LogP contribution in [0.1, 0.15) is 11.3 Å². The highest BCUT2D eigenvalue weighted by Crippen LogP contribution is 2.13. The molecule has 6 nitrogen and oxygen atoms in total. The first-order valence-electron chi connectivity index (χ1n) is 8.84. The fourth-order valence-electron chi connectivity index (χ4n) is 3.14. The normalized spacial score (nSPS) is 12.0. The smallest absolute Gasteiger partial charge is 0.291 e. The van der Waals surface area contributed by atoms with E-state index in [0.717, 1.165) is 11.3 Å². The predicted octanol–water partition coefficient (Wildman–Crippen LogP) is 2.45. The number of hydrogen-bond acceptors (Lipinski definition) is 4. The minimum Gasteiger partial charge on any atom is -0.503 e. The Labute approximate surface area is 164 Å². The van der Waals surface area contributed by atoms with Crippen LogP contribution in [0.15, 0.2) is 78.0 Å². The third-order valence-corrected chi connectivity index (χ3v) is 4.51. The molecule has 1 aromatic carbocycles. The van der Waals surface area contributed by atoms with Gasteiger partial charge in [-0.3, -0.25) is 14.6 Å². The van der Waals surface area contributed by atoms with E-state index in [9.17, 15) is 19.1 Å². The maximum atomic E-state index is 13.2. The molecule has 0 fully saturated rings. The summed E-state index contributed by atoms with van der Waals surface area (Å²) >= 11 is 0. The van der Waals surface area contributed by atoms with E-state index in [4.69, 9.17) is 0 Å². The van der Waals surface area contributed by atoms with Crippen molar-refractivity contribution in [3.63, 3.8) is 0 Å². The van der Waals surface area contributed by atoms with Crippen LogP contribution in [0.25, 0.3) is 11.3 Å². The van der Waals surface area contributed by atoms with Crippen molar-refractivity contribution in [3.8, 4) is 0 Å². The Morgan fingerprint density at radius 2 is 1.93 bits per heavy atom. The van der Waals surface area contributed by atoms with Gasteiger partial charge >= 0.3 is 0 Å². The fourth-order valence-corrected chi connectivity index (χ4v) is 3.14. The number of aromatic nitrogens is 2. The molecule has 0 saturated heterocycles. The van der Waals surface area contributed by atoms with Crippen LogP contribution in [0.5, 0.6) is 0 Å². The maximum absolute atomic E-state index is 13.2. The van der Waals surface area contributed by atoms with Crippen LogP contribution >= 0.6 is 0 Å². The summed E-state index contributed by atoms with van der Waals surface area (Å²) in [6.07, 6.45) is 5.04. The quantitative estimate of drug-likeness (QED) is 0.562. The number of fused-ring (bicyclic) bond motifs is 1. The van der Waals surface area contributed by atoms with Gasteiger partial charge in [0.05, 0.1) is 17.4 Å². The number of amides is 1. The second-order valence-corrected chi connectivity index (χ2v) is 6.51. The molecule has 0 atom stereocenters. The zero-order valence-corrected chi connectivity index (χ0v) is 15.2. The number of nitrogens with one attached hydrogen (secondary N) is 1. The summed E-state index contributed by atoms with van der Waals surface area (Å²) < 4.78 is 14.9. The molecule has 1 amide bonds. The third-order valence-electron chi connectivity index (χ3n) is 4.51. The summed E-state index contributed by atoms with van der Waals surface area (Å²) in [5, 5.41) is 13.4. The molecule has 3 heterocycles. The van der Waals surface area contributed by atoms with Gasteiger partial charge in [-0.1, -0.05) is 12.1 Å². The molecule has 4 rings (SSSR count). The number of anilines is 1. The number of nitrogens with zero attached hydrogens (tertiary/aromatic N) is 2. The summed E-state index contributed by atoms with van der Waals surface area (Å²) in [6, 6.07) is 13.8. The molecule has 0 unspecified atom stereocenters. The van der Waals surface area contributed by atoms with Crippen LogP contribution in [0.3, 0.4) is 0 Å². The van der Waals surface area contributed by atoms with Crippen molar-refractivity contribution in [1.29, 1.82) is 0 Å². The molecule has 7 heteroatoms. The zero-order valence-electron chi connectivity index (χ0n) is 15.2. The molecule has 144 valence electrons. The standard InChI is InChI=1S/C22H16FN3O3/c23-15-5-3-14(4-6-15)10-17-11-19(20-12-18(27)7-9-26(17)20)21(28)22(29)25-16-2-1-8-24-13-16/h1-9,11-13,28H,10H2,(H,25,29)/b21-19-. The molecule has 0 radical (unpaired) electrons. The van der Waals surface area contributed by atoms with Gasteiger partial charge in [-0.2, -0.15) is 0 Å². The Bertz CT molecular complexity index is 1300. The third kappa shape index (κ3) is 3.84. The van der Waals surface area contributed by atoms with E-state index in [2.05, 4.69) is 10.3 Å². The molecular formula is C22H16FN3O3. The number of aliphatic hydroxyl groups excluding tert-OH is 1. The Hall–Kier alpha value is -4.00. The van der Waals surface area contributed by atoms with Crippen molar-refractivity contribution in [2.24, 2.45) is 0 Å². The molecule has 0 bridgehead atoms. The highest BCUT2D eigenvalue weighted by molar-refractivity contribution is 6.17. The molecule has 3 aromatic heterocycles. The van der Waals surface area contributed by atoms with Gasteiger partial charge in [0.1, 0.15) is 5.82 Å². The van der Waals surface area contributed by atoms with E-state index in [1.54, 1.807) is 47.1 Å². The number of carbonyl (C=O) groups excluding carboxylic acids is 1. The van der Waals surface area contributed by atoms with E-state index >= 15 is 0 Å². The number of carbonyl (C=O) groups is 1. The van der Waals surface area contributed by atoms with Crippen molar-refractivity contribution < 1.29 is 14.3 Å². The van der Waals surface area contributed by atoms with Crippen molar-refractivity contribution in [1.82, 2.24) is 9.38 Å². The summed E-state index contributed by atoms with van der Waals surface area (Å²) in [5.74, 6) is -1.55. The van der Waals surface area contributed by atoms with Crippen molar-refractivity contribution in [2.45, 2.75) is 6.42 Å². The van der Waals surface area contributed by atoms with Gasteiger partial charge < -0.3 is 14.8 Å². The van der Waals surface area contributed by atoms with E-state index in [1.807, 2.05) is 0 Å². The average Bonchev–Trinajstić information content (AvgIpc) is 3.07. The monoisotopic (exact) mass is 389 g/mol. The number of pyridine rings is 2. The average molecular weight is 389 g/mol. The van der Waals surface area contributed by atoms with E-state index in [0.29, 0.717) is 17.6 Å². The molecular weight excluding hydrogens is 373 g/mol. The first-order valence-corrected chi connectivity index (χ1v) is 8.84. The molecule has 0 aliphatic heterocycles. The topological polar surface area (TPSA) is 83.7 Å². The van der Waals surface area contributed by atoms with Crippen LogP contribution in [-0.2, 0) is 11.2 Å². The van der Waals surface area contributed by atoms with Gasteiger partial charge in [-0.05, 0) is 35.9 Å². The minimum absolute atomic E-state index is 0.237.